The third-order valence-electron chi connectivity index (χ3n) is 3.75. The molecule has 1 aliphatic rings. The molecule has 118 valence electrons. The van der Waals surface area contributed by atoms with Crippen LogP contribution in [0.15, 0.2) is 53.5 Å². The van der Waals surface area contributed by atoms with Crippen LogP contribution >= 0.6 is 0 Å². The second kappa shape index (κ2) is 6.62. The summed E-state index contributed by atoms with van der Waals surface area (Å²) in [6.45, 7) is 0.991. The zero-order chi connectivity index (χ0) is 16.2. The Kier molecular flexibility index (Phi) is 4.39. The first-order valence-electron chi connectivity index (χ1n) is 7.35. The number of hydrogen-bond acceptors (Lipinski definition) is 4. The van der Waals surface area contributed by atoms with E-state index in [0.29, 0.717) is 18.9 Å². The van der Waals surface area contributed by atoms with Gasteiger partial charge in [-0.15, -0.1) is 0 Å². The van der Waals surface area contributed by atoms with E-state index in [9.17, 15) is 4.79 Å². The van der Waals surface area contributed by atoms with Crippen molar-refractivity contribution in [3.05, 3.63) is 65.2 Å². The van der Waals surface area contributed by atoms with Gasteiger partial charge in [0.25, 0.3) is 5.91 Å². The maximum atomic E-state index is 12.3. The predicted molar refractivity (Wildman–Crippen MR) is 87.2 cm³/mol. The fourth-order valence-corrected chi connectivity index (χ4v) is 2.41. The number of rotatable bonds is 5. The maximum absolute atomic E-state index is 12.3. The van der Waals surface area contributed by atoms with E-state index in [2.05, 4.69) is 4.99 Å². The molecule has 0 aliphatic carbocycles. The summed E-state index contributed by atoms with van der Waals surface area (Å²) >= 11 is 0. The van der Waals surface area contributed by atoms with Gasteiger partial charge < -0.3 is 4.74 Å². The van der Waals surface area contributed by atoms with E-state index in [1.165, 1.54) is 12.2 Å². The summed E-state index contributed by atoms with van der Waals surface area (Å²) < 4.78 is 5.82. The van der Waals surface area contributed by atoms with Crippen LogP contribution in [0.25, 0.3) is 0 Å². The molecule has 0 fully saturated rings. The lowest BCUT2D eigenvalue weighted by molar-refractivity contribution is -0.160. The molecule has 3 rings (SSSR count). The molecule has 1 aliphatic heterocycles. The van der Waals surface area contributed by atoms with Crippen LogP contribution < -0.4 is 4.74 Å². The number of hydrogen-bond donors (Lipinski definition) is 0. The van der Waals surface area contributed by atoms with Crippen molar-refractivity contribution in [2.24, 2.45) is 4.99 Å². The molecule has 2 aromatic carbocycles. The molecule has 0 spiro atoms. The minimum Gasteiger partial charge on any atom is -0.489 e. The molecular weight excluding hydrogens is 292 g/mol. The molecule has 0 aromatic heterocycles. The summed E-state index contributed by atoms with van der Waals surface area (Å²) in [5.74, 6) is 0.460. The van der Waals surface area contributed by atoms with Gasteiger partial charge >= 0.3 is 0 Å². The van der Waals surface area contributed by atoms with Crippen molar-refractivity contribution in [1.29, 1.82) is 0 Å². The largest absolute Gasteiger partial charge is 0.489 e. The number of aliphatic imine (C=N–C) groups is 1. The van der Waals surface area contributed by atoms with Crippen LogP contribution in [0.3, 0.4) is 0 Å². The summed E-state index contributed by atoms with van der Waals surface area (Å²) in [6.07, 6.45) is 0. The molecule has 1 amide bonds. The molecule has 0 bridgehead atoms. The highest BCUT2D eigenvalue weighted by Crippen LogP contribution is 2.25. The monoisotopic (exact) mass is 310 g/mol. The number of fused-ring (bicyclic) bond motifs is 1. The normalized spacial score (nSPS) is 12.5. The Morgan fingerprint density at radius 2 is 2.00 bits per heavy atom. The molecule has 5 nitrogen and oxygen atoms in total. The van der Waals surface area contributed by atoms with Crippen LogP contribution in [0.2, 0.25) is 0 Å². The van der Waals surface area contributed by atoms with Crippen LogP contribution in [-0.4, -0.2) is 30.8 Å². The van der Waals surface area contributed by atoms with Gasteiger partial charge in [-0.3, -0.25) is 14.6 Å². The molecule has 0 atom stereocenters. The van der Waals surface area contributed by atoms with Crippen molar-refractivity contribution in [3.8, 4) is 5.75 Å². The van der Waals surface area contributed by atoms with E-state index >= 15 is 0 Å². The van der Waals surface area contributed by atoms with E-state index in [4.69, 9.17) is 9.57 Å². The highest BCUT2D eigenvalue weighted by Gasteiger charge is 2.25. The smallest absolute Gasteiger partial charge is 0.295 e. The highest BCUT2D eigenvalue weighted by atomic mass is 16.7. The lowest BCUT2D eigenvalue weighted by Gasteiger charge is -2.14. The van der Waals surface area contributed by atoms with Crippen LogP contribution in [0.4, 0.5) is 0 Å². The molecule has 5 heteroatoms. The van der Waals surface area contributed by atoms with Gasteiger partial charge in [0.1, 0.15) is 18.1 Å². The Morgan fingerprint density at radius 3 is 2.74 bits per heavy atom. The van der Waals surface area contributed by atoms with Gasteiger partial charge in [-0.2, -0.15) is 0 Å². The Balaban J connectivity index is 1.77. The third kappa shape index (κ3) is 3.24. The number of benzene rings is 2. The first-order chi connectivity index (χ1) is 11.2. The number of carbonyl (C=O) groups excluding carboxylic acids is 1. The second-order valence-electron chi connectivity index (χ2n) is 5.24. The van der Waals surface area contributed by atoms with Gasteiger partial charge in [0.05, 0.1) is 13.7 Å². The van der Waals surface area contributed by atoms with Gasteiger partial charge in [0.2, 0.25) is 0 Å². The topological polar surface area (TPSA) is 51.1 Å². The van der Waals surface area contributed by atoms with Crippen molar-refractivity contribution in [1.82, 2.24) is 5.06 Å². The van der Waals surface area contributed by atoms with E-state index in [-0.39, 0.29) is 5.91 Å². The summed E-state index contributed by atoms with van der Waals surface area (Å²) in [6, 6.07) is 15.7. The Hall–Kier alpha value is -2.66. The SMILES string of the molecule is CON(C)C(=O)C1=NCc2ccc(OCc3ccccc3)cc21. The summed E-state index contributed by atoms with van der Waals surface area (Å²) in [5, 5.41) is 1.17. The van der Waals surface area contributed by atoms with Gasteiger partial charge in [0, 0.05) is 12.6 Å². The lowest BCUT2D eigenvalue weighted by atomic mass is 10.0. The van der Waals surface area contributed by atoms with Crippen LogP contribution in [0.5, 0.6) is 5.75 Å². The molecule has 2 aromatic rings. The number of ether oxygens (including phenoxy) is 1. The number of likely N-dealkylation sites (N-methyl/N-ethyl adjacent to an activating group) is 1. The fraction of sp³-hybridized carbons (Fsp3) is 0.222. The minimum atomic E-state index is -0.258. The number of nitrogens with zero attached hydrogens (tertiary/aromatic N) is 2. The summed E-state index contributed by atoms with van der Waals surface area (Å²) in [5.41, 5.74) is 3.33. The summed E-state index contributed by atoms with van der Waals surface area (Å²) in [4.78, 5) is 21.5. The predicted octanol–water partition coefficient (Wildman–Crippen LogP) is 2.59. The number of carbonyl (C=O) groups is 1. The average Bonchev–Trinajstić information content (AvgIpc) is 3.02. The zero-order valence-electron chi connectivity index (χ0n) is 13.2. The van der Waals surface area contributed by atoms with Crippen molar-refractivity contribution in [2.45, 2.75) is 13.2 Å². The fourth-order valence-electron chi connectivity index (χ4n) is 2.41. The van der Waals surface area contributed by atoms with E-state index < -0.39 is 0 Å². The first-order valence-corrected chi connectivity index (χ1v) is 7.35. The second-order valence-corrected chi connectivity index (χ2v) is 5.24. The molecule has 0 N–H and O–H groups in total. The van der Waals surface area contributed by atoms with Crippen molar-refractivity contribution >= 4 is 11.6 Å². The van der Waals surface area contributed by atoms with Gasteiger partial charge in [-0.05, 0) is 23.3 Å². The summed E-state index contributed by atoms with van der Waals surface area (Å²) in [7, 11) is 3.02. The molecule has 1 heterocycles. The third-order valence-corrected chi connectivity index (χ3v) is 3.75. The molecular formula is C18H18N2O3. The number of hydroxylamine groups is 2. The van der Waals surface area contributed by atoms with Crippen LogP contribution in [0, 0.1) is 0 Å². The van der Waals surface area contributed by atoms with Gasteiger partial charge in [-0.1, -0.05) is 36.4 Å². The molecule has 23 heavy (non-hydrogen) atoms. The Morgan fingerprint density at radius 1 is 1.22 bits per heavy atom. The van der Waals surface area contributed by atoms with E-state index in [1.54, 1.807) is 7.05 Å². The van der Waals surface area contributed by atoms with Crippen molar-refractivity contribution in [2.75, 3.05) is 14.2 Å². The maximum Gasteiger partial charge on any atom is 0.295 e. The van der Waals surface area contributed by atoms with E-state index in [1.807, 2.05) is 48.5 Å². The first kappa shape index (κ1) is 15.2. The van der Waals surface area contributed by atoms with Crippen molar-refractivity contribution in [3.63, 3.8) is 0 Å². The van der Waals surface area contributed by atoms with Crippen LogP contribution in [-0.2, 0) is 22.8 Å². The highest BCUT2D eigenvalue weighted by molar-refractivity contribution is 6.46. The number of amides is 1. The van der Waals surface area contributed by atoms with Crippen molar-refractivity contribution < 1.29 is 14.4 Å². The van der Waals surface area contributed by atoms with Crippen LogP contribution in [0.1, 0.15) is 16.7 Å². The molecule has 0 radical (unpaired) electrons. The zero-order valence-corrected chi connectivity index (χ0v) is 13.2. The average molecular weight is 310 g/mol. The van der Waals surface area contributed by atoms with E-state index in [0.717, 1.165) is 22.4 Å². The lowest BCUT2D eigenvalue weighted by Crippen LogP contribution is -2.32. The van der Waals surface area contributed by atoms with Gasteiger partial charge in [-0.25, -0.2) is 5.06 Å². The molecule has 0 saturated carbocycles. The standard InChI is InChI=1S/C18H18N2O3/c1-20(22-2)18(21)17-16-10-15(9-8-14(16)11-19-17)23-12-13-6-4-3-5-7-13/h3-10H,11-12H2,1-2H3. The Labute approximate surface area is 135 Å². The van der Waals surface area contributed by atoms with Gasteiger partial charge in [0.15, 0.2) is 0 Å². The minimum absolute atomic E-state index is 0.258. The molecule has 0 unspecified atom stereocenters. The molecule has 0 saturated heterocycles. The Bertz CT molecular complexity index is 741. The quantitative estimate of drug-likeness (QED) is 0.798.